The molecule has 0 aromatic heterocycles. The Balaban J connectivity index is 1.35. The minimum Gasteiger partial charge on any atom is -0.353 e. The molecule has 2 aromatic rings. The van der Waals surface area contributed by atoms with E-state index in [2.05, 4.69) is 41.5 Å². The van der Waals surface area contributed by atoms with Crippen molar-refractivity contribution in [2.75, 3.05) is 31.6 Å². The van der Waals surface area contributed by atoms with Crippen LogP contribution in [0.15, 0.2) is 60.7 Å². The molecule has 1 fully saturated rings. The maximum atomic E-state index is 12.0. The predicted octanol–water partition coefficient (Wildman–Crippen LogP) is 3.46. The number of amides is 2. The van der Waals surface area contributed by atoms with Gasteiger partial charge in [0, 0.05) is 37.8 Å². The van der Waals surface area contributed by atoms with Crippen molar-refractivity contribution < 1.29 is 9.59 Å². The van der Waals surface area contributed by atoms with E-state index in [1.807, 2.05) is 35.2 Å². The molecule has 5 heteroatoms. The molecule has 1 saturated heterocycles. The molecule has 0 aliphatic carbocycles. The Morgan fingerprint density at radius 2 is 1.90 bits per heavy atom. The number of hydrogen-bond donors (Lipinski definition) is 1. The molecule has 1 heterocycles. The van der Waals surface area contributed by atoms with E-state index in [1.54, 1.807) is 12.2 Å². The fraction of sp³-hybridized carbons (Fsp3) is 0.333. The van der Waals surface area contributed by atoms with Crippen LogP contribution in [0.3, 0.4) is 0 Å². The summed E-state index contributed by atoms with van der Waals surface area (Å²) in [5.74, 6) is 0.0941. The minimum absolute atomic E-state index is 0.0884. The molecular weight excluding hydrogens is 362 g/mol. The highest BCUT2D eigenvalue weighted by Crippen LogP contribution is 2.21. The number of anilines is 1. The van der Waals surface area contributed by atoms with E-state index >= 15 is 0 Å². The molecular formula is C24H29N3O2. The van der Waals surface area contributed by atoms with Crippen LogP contribution in [-0.2, 0) is 16.1 Å². The van der Waals surface area contributed by atoms with E-state index in [-0.39, 0.29) is 11.8 Å². The van der Waals surface area contributed by atoms with Crippen LogP contribution in [0.25, 0.3) is 6.08 Å². The molecule has 0 unspecified atom stereocenters. The van der Waals surface area contributed by atoms with Gasteiger partial charge in [0.1, 0.15) is 0 Å². The summed E-state index contributed by atoms with van der Waals surface area (Å²) < 4.78 is 0. The quantitative estimate of drug-likeness (QED) is 0.526. The molecule has 29 heavy (non-hydrogen) atoms. The molecule has 0 saturated carbocycles. The molecule has 2 amide bonds. The highest BCUT2D eigenvalue weighted by Gasteiger charge is 2.21. The predicted molar refractivity (Wildman–Crippen MR) is 117 cm³/mol. The van der Waals surface area contributed by atoms with Crippen molar-refractivity contribution in [3.8, 4) is 0 Å². The Labute approximate surface area is 173 Å². The number of rotatable bonds is 9. The van der Waals surface area contributed by atoms with E-state index in [0.717, 1.165) is 43.7 Å². The van der Waals surface area contributed by atoms with Gasteiger partial charge < -0.3 is 15.1 Å². The number of carbonyl (C=O) groups excluding carboxylic acids is 2. The monoisotopic (exact) mass is 391 g/mol. The third-order valence-corrected chi connectivity index (χ3v) is 5.02. The molecule has 1 N–H and O–H groups in total. The first kappa shape index (κ1) is 20.8. The van der Waals surface area contributed by atoms with Gasteiger partial charge in [0.15, 0.2) is 0 Å². The van der Waals surface area contributed by atoms with Crippen LogP contribution >= 0.6 is 0 Å². The molecule has 0 atom stereocenters. The largest absolute Gasteiger partial charge is 0.353 e. The Morgan fingerprint density at radius 3 is 2.59 bits per heavy atom. The molecule has 2 aromatic carbocycles. The number of carbonyl (C=O) groups is 2. The van der Waals surface area contributed by atoms with Gasteiger partial charge in [-0.05, 0) is 55.8 Å². The first-order valence-corrected chi connectivity index (χ1v) is 10.2. The first-order chi connectivity index (χ1) is 14.1. The lowest BCUT2D eigenvalue weighted by Gasteiger charge is -2.16. The van der Waals surface area contributed by atoms with Gasteiger partial charge in [0.25, 0.3) is 0 Å². The molecule has 0 radical (unpaired) electrons. The topological polar surface area (TPSA) is 52.7 Å². The fourth-order valence-electron chi connectivity index (χ4n) is 3.45. The van der Waals surface area contributed by atoms with Crippen LogP contribution in [0.2, 0.25) is 0 Å². The van der Waals surface area contributed by atoms with Crippen molar-refractivity contribution >= 4 is 23.6 Å². The van der Waals surface area contributed by atoms with Crippen molar-refractivity contribution in [1.82, 2.24) is 10.2 Å². The van der Waals surface area contributed by atoms with Crippen molar-refractivity contribution in [3.05, 3.63) is 71.8 Å². The van der Waals surface area contributed by atoms with Gasteiger partial charge in [-0.1, -0.05) is 42.5 Å². The second kappa shape index (κ2) is 10.6. The van der Waals surface area contributed by atoms with Crippen LogP contribution in [-0.4, -0.2) is 43.4 Å². The third kappa shape index (κ3) is 6.57. The Kier molecular flexibility index (Phi) is 7.59. The zero-order chi connectivity index (χ0) is 20.5. The van der Waals surface area contributed by atoms with Gasteiger partial charge in [-0.25, -0.2) is 0 Å². The van der Waals surface area contributed by atoms with E-state index in [4.69, 9.17) is 0 Å². The highest BCUT2D eigenvalue weighted by atomic mass is 16.2. The van der Waals surface area contributed by atoms with Crippen LogP contribution in [0.4, 0.5) is 5.69 Å². The lowest BCUT2D eigenvalue weighted by Crippen LogP contribution is -2.26. The summed E-state index contributed by atoms with van der Waals surface area (Å²) in [6.45, 7) is 3.28. The van der Waals surface area contributed by atoms with Crippen molar-refractivity contribution in [2.24, 2.45) is 0 Å². The average Bonchev–Trinajstić information content (AvgIpc) is 3.17. The maximum Gasteiger partial charge on any atom is 0.243 e. The van der Waals surface area contributed by atoms with Gasteiger partial charge in [-0.15, -0.1) is 0 Å². The molecule has 1 aliphatic rings. The van der Waals surface area contributed by atoms with Crippen LogP contribution in [0, 0.1) is 0 Å². The lowest BCUT2D eigenvalue weighted by molar-refractivity contribution is -0.117. The summed E-state index contributed by atoms with van der Waals surface area (Å²) in [5.41, 5.74) is 3.16. The van der Waals surface area contributed by atoms with E-state index in [1.165, 1.54) is 5.56 Å². The van der Waals surface area contributed by atoms with Crippen LogP contribution in [0.5, 0.6) is 0 Å². The van der Waals surface area contributed by atoms with Crippen molar-refractivity contribution in [3.63, 3.8) is 0 Å². The molecule has 152 valence electrons. The average molecular weight is 392 g/mol. The number of benzene rings is 2. The van der Waals surface area contributed by atoms with Crippen molar-refractivity contribution in [2.45, 2.75) is 25.8 Å². The lowest BCUT2D eigenvalue weighted by atomic mass is 10.2. The minimum atomic E-state index is -0.0884. The molecule has 0 bridgehead atoms. The van der Waals surface area contributed by atoms with Gasteiger partial charge in [-0.2, -0.15) is 0 Å². The normalized spacial score (nSPS) is 14.1. The summed E-state index contributed by atoms with van der Waals surface area (Å²) in [6, 6.07) is 18.1. The van der Waals surface area contributed by atoms with Gasteiger partial charge in [-0.3, -0.25) is 9.59 Å². The second-order valence-corrected chi connectivity index (χ2v) is 7.44. The third-order valence-electron chi connectivity index (χ3n) is 5.02. The standard InChI is InChI=1S/C24H29N3O2/c1-26(19-21-7-3-2-4-8-21)17-6-16-25-23(28)15-12-20-10-13-22(14-11-20)27-18-5-9-24(27)29/h2-4,7-8,10-15H,5-6,9,16-19H2,1H3,(H,25,28). The summed E-state index contributed by atoms with van der Waals surface area (Å²) in [6.07, 6.45) is 5.81. The van der Waals surface area contributed by atoms with Crippen LogP contribution in [0.1, 0.15) is 30.4 Å². The molecule has 3 rings (SSSR count). The Hall–Kier alpha value is -2.92. The Morgan fingerprint density at radius 1 is 1.14 bits per heavy atom. The van der Waals surface area contributed by atoms with Crippen LogP contribution < -0.4 is 10.2 Å². The highest BCUT2D eigenvalue weighted by molar-refractivity contribution is 5.95. The SMILES string of the molecule is CN(CCCNC(=O)C=Cc1ccc(N2CCCC2=O)cc1)Cc1ccccc1. The summed E-state index contributed by atoms with van der Waals surface area (Å²) in [5, 5.41) is 2.93. The van der Waals surface area contributed by atoms with Gasteiger partial charge in [0.05, 0.1) is 0 Å². The van der Waals surface area contributed by atoms with Gasteiger partial charge >= 0.3 is 0 Å². The number of nitrogens with zero attached hydrogens (tertiary/aromatic N) is 2. The molecule has 5 nitrogen and oxygen atoms in total. The summed E-state index contributed by atoms with van der Waals surface area (Å²) in [4.78, 5) is 27.9. The zero-order valence-corrected chi connectivity index (χ0v) is 17.0. The van der Waals surface area contributed by atoms with Gasteiger partial charge in [0.2, 0.25) is 11.8 Å². The van der Waals surface area contributed by atoms with E-state index < -0.39 is 0 Å². The zero-order valence-electron chi connectivity index (χ0n) is 17.0. The Bertz CT molecular complexity index is 831. The molecule has 1 aliphatic heterocycles. The number of hydrogen-bond acceptors (Lipinski definition) is 3. The van der Waals surface area contributed by atoms with Crippen molar-refractivity contribution in [1.29, 1.82) is 0 Å². The fourth-order valence-corrected chi connectivity index (χ4v) is 3.45. The number of nitrogens with one attached hydrogen (secondary N) is 1. The molecule has 0 spiro atoms. The summed E-state index contributed by atoms with van der Waals surface area (Å²) >= 11 is 0. The first-order valence-electron chi connectivity index (χ1n) is 10.2. The maximum absolute atomic E-state index is 12.0. The smallest absolute Gasteiger partial charge is 0.243 e. The van der Waals surface area contributed by atoms with E-state index in [0.29, 0.717) is 13.0 Å². The summed E-state index contributed by atoms with van der Waals surface area (Å²) in [7, 11) is 2.09. The van der Waals surface area contributed by atoms with E-state index in [9.17, 15) is 9.59 Å². The second-order valence-electron chi connectivity index (χ2n) is 7.44.